The Hall–Kier alpha value is -2.04. The summed E-state index contributed by atoms with van der Waals surface area (Å²) in [6.07, 6.45) is 0. The van der Waals surface area contributed by atoms with Crippen LogP contribution in [0.1, 0.15) is 21.5 Å². The molecular weight excluding hydrogens is 461 g/mol. The summed E-state index contributed by atoms with van der Waals surface area (Å²) >= 11 is 2.01. The van der Waals surface area contributed by atoms with Gasteiger partial charge in [0.2, 0.25) is 0 Å². The van der Waals surface area contributed by atoms with Crippen molar-refractivity contribution in [2.24, 2.45) is 0 Å². The van der Waals surface area contributed by atoms with Crippen LogP contribution in [0.4, 0.5) is 5.69 Å². The summed E-state index contributed by atoms with van der Waals surface area (Å²) in [5, 5.41) is 13.8. The molecule has 142 valence electrons. The van der Waals surface area contributed by atoms with E-state index in [4.69, 9.17) is 4.74 Å². The number of halogens is 1. The van der Waals surface area contributed by atoms with Crippen molar-refractivity contribution in [2.75, 3.05) is 26.3 Å². The lowest BCUT2D eigenvalue weighted by Crippen LogP contribution is -2.35. The summed E-state index contributed by atoms with van der Waals surface area (Å²) in [4.78, 5) is 25.2. The Labute approximate surface area is 171 Å². The molecule has 1 amide bonds. The molecule has 1 aliphatic rings. The molecule has 1 aliphatic heterocycles. The number of amides is 1. The molecule has 1 N–H and O–H groups in total. The van der Waals surface area contributed by atoms with Gasteiger partial charge < -0.3 is 10.1 Å². The highest BCUT2D eigenvalue weighted by molar-refractivity contribution is 14.1. The molecule has 0 saturated carbocycles. The highest BCUT2D eigenvalue weighted by Crippen LogP contribution is 2.19. The van der Waals surface area contributed by atoms with E-state index in [1.165, 1.54) is 17.7 Å². The molecule has 3 rings (SSSR count). The normalized spacial score (nSPS) is 14.7. The quantitative estimate of drug-likeness (QED) is 0.390. The van der Waals surface area contributed by atoms with Crippen LogP contribution in [0.5, 0.6) is 0 Å². The van der Waals surface area contributed by atoms with Crippen LogP contribution in [0.15, 0.2) is 42.5 Å². The number of rotatable bonds is 6. The van der Waals surface area contributed by atoms with E-state index < -0.39 is 4.92 Å². The fraction of sp³-hybridized carbons (Fsp3) is 0.316. The number of nitro benzene ring substituents is 1. The lowest BCUT2D eigenvalue weighted by molar-refractivity contribution is -0.384. The van der Waals surface area contributed by atoms with Crippen LogP contribution < -0.4 is 5.32 Å². The number of morpholine rings is 1. The maximum absolute atomic E-state index is 12.5. The van der Waals surface area contributed by atoms with Gasteiger partial charge in [0.15, 0.2) is 0 Å². The number of ether oxygens (including phenoxy) is 1. The molecule has 2 aromatic carbocycles. The minimum absolute atomic E-state index is 0.0897. The zero-order valence-corrected chi connectivity index (χ0v) is 16.8. The maximum atomic E-state index is 12.5. The number of nitrogens with one attached hydrogen (secondary N) is 1. The number of nitro groups is 1. The van der Waals surface area contributed by atoms with Crippen molar-refractivity contribution in [3.63, 3.8) is 0 Å². The number of hydrogen-bond donors (Lipinski definition) is 1. The molecule has 0 unspecified atom stereocenters. The highest BCUT2D eigenvalue weighted by atomic mass is 127. The van der Waals surface area contributed by atoms with E-state index in [-0.39, 0.29) is 11.6 Å². The van der Waals surface area contributed by atoms with Gasteiger partial charge in [-0.25, -0.2) is 0 Å². The summed E-state index contributed by atoms with van der Waals surface area (Å²) in [5.74, 6) is -0.318. The number of benzene rings is 2. The first-order valence-electron chi connectivity index (χ1n) is 8.63. The molecule has 0 spiro atoms. The first kappa shape index (κ1) is 19.7. The van der Waals surface area contributed by atoms with E-state index in [0.29, 0.717) is 15.7 Å². The second kappa shape index (κ2) is 9.25. The minimum Gasteiger partial charge on any atom is -0.379 e. The molecule has 1 heterocycles. The lowest BCUT2D eigenvalue weighted by Gasteiger charge is -2.26. The van der Waals surface area contributed by atoms with E-state index in [1.807, 2.05) is 34.7 Å². The summed E-state index contributed by atoms with van der Waals surface area (Å²) in [5.41, 5.74) is 2.41. The van der Waals surface area contributed by atoms with Gasteiger partial charge in [-0.1, -0.05) is 24.3 Å². The van der Waals surface area contributed by atoms with Gasteiger partial charge in [-0.15, -0.1) is 0 Å². The van der Waals surface area contributed by atoms with Gasteiger partial charge in [0.05, 0.1) is 23.7 Å². The van der Waals surface area contributed by atoms with Crippen molar-refractivity contribution in [1.29, 1.82) is 0 Å². The second-order valence-corrected chi connectivity index (χ2v) is 7.47. The molecular formula is C19H20IN3O4. The molecule has 8 heteroatoms. The number of non-ortho nitro benzene ring substituents is 1. The highest BCUT2D eigenvalue weighted by Gasteiger charge is 2.15. The topological polar surface area (TPSA) is 84.7 Å². The summed E-state index contributed by atoms with van der Waals surface area (Å²) in [7, 11) is 0. The van der Waals surface area contributed by atoms with Crippen LogP contribution in [-0.2, 0) is 17.8 Å². The first-order valence-corrected chi connectivity index (χ1v) is 9.71. The van der Waals surface area contributed by atoms with Gasteiger partial charge in [0.1, 0.15) is 0 Å². The SMILES string of the molecule is O=C(NCc1cccc(CN2CCOCC2)c1)c1cc([N+](=O)[O-])ccc1I. The van der Waals surface area contributed by atoms with Crippen molar-refractivity contribution >= 4 is 34.2 Å². The van der Waals surface area contributed by atoms with Crippen LogP contribution in [-0.4, -0.2) is 42.0 Å². The van der Waals surface area contributed by atoms with Gasteiger partial charge in [-0.05, 0) is 39.8 Å². The van der Waals surface area contributed by atoms with E-state index in [9.17, 15) is 14.9 Å². The third-order valence-corrected chi connectivity index (χ3v) is 5.30. The Kier molecular flexibility index (Phi) is 6.75. The molecule has 1 fully saturated rings. The molecule has 2 aromatic rings. The smallest absolute Gasteiger partial charge is 0.270 e. The Morgan fingerprint density at radius 2 is 1.93 bits per heavy atom. The third kappa shape index (κ3) is 5.47. The molecule has 0 bridgehead atoms. The van der Waals surface area contributed by atoms with Crippen molar-refractivity contribution in [3.05, 3.63) is 72.8 Å². The Morgan fingerprint density at radius 1 is 1.19 bits per heavy atom. The number of nitrogens with zero attached hydrogens (tertiary/aromatic N) is 2. The molecule has 7 nitrogen and oxygen atoms in total. The molecule has 0 atom stereocenters. The van der Waals surface area contributed by atoms with Crippen LogP contribution >= 0.6 is 22.6 Å². The monoisotopic (exact) mass is 481 g/mol. The van der Waals surface area contributed by atoms with E-state index in [0.717, 1.165) is 38.4 Å². The Balaban J connectivity index is 1.63. The maximum Gasteiger partial charge on any atom is 0.270 e. The summed E-state index contributed by atoms with van der Waals surface area (Å²) < 4.78 is 6.05. The second-order valence-electron chi connectivity index (χ2n) is 6.31. The third-order valence-electron chi connectivity index (χ3n) is 4.36. The zero-order valence-electron chi connectivity index (χ0n) is 14.7. The van der Waals surface area contributed by atoms with Gasteiger partial charge in [-0.3, -0.25) is 19.8 Å². The van der Waals surface area contributed by atoms with Crippen molar-refractivity contribution < 1.29 is 14.5 Å². The van der Waals surface area contributed by atoms with Gasteiger partial charge in [0.25, 0.3) is 11.6 Å². The van der Waals surface area contributed by atoms with Crippen molar-refractivity contribution in [2.45, 2.75) is 13.1 Å². The van der Waals surface area contributed by atoms with E-state index in [1.54, 1.807) is 6.07 Å². The summed E-state index contributed by atoms with van der Waals surface area (Å²) in [6.45, 7) is 4.59. The number of carbonyl (C=O) groups is 1. The van der Waals surface area contributed by atoms with Crippen molar-refractivity contribution in [1.82, 2.24) is 10.2 Å². The molecule has 27 heavy (non-hydrogen) atoms. The number of hydrogen-bond acceptors (Lipinski definition) is 5. The molecule has 0 aromatic heterocycles. The van der Waals surface area contributed by atoms with Crippen LogP contribution in [0, 0.1) is 13.7 Å². The molecule has 1 saturated heterocycles. The van der Waals surface area contributed by atoms with Gasteiger partial charge >= 0.3 is 0 Å². The average molecular weight is 481 g/mol. The minimum atomic E-state index is -0.498. The fourth-order valence-corrected chi connectivity index (χ4v) is 3.51. The number of carbonyl (C=O) groups excluding carboxylic acids is 1. The predicted octanol–water partition coefficient (Wildman–Crippen LogP) is 2.96. The van der Waals surface area contributed by atoms with E-state index >= 15 is 0 Å². The van der Waals surface area contributed by atoms with Crippen LogP contribution in [0.2, 0.25) is 0 Å². The molecule has 0 aliphatic carbocycles. The average Bonchev–Trinajstić information content (AvgIpc) is 2.67. The predicted molar refractivity (Wildman–Crippen MR) is 110 cm³/mol. The van der Waals surface area contributed by atoms with E-state index in [2.05, 4.69) is 22.3 Å². The van der Waals surface area contributed by atoms with Gasteiger partial charge in [0, 0.05) is 41.9 Å². The zero-order chi connectivity index (χ0) is 19.2. The largest absolute Gasteiger partial charge is 0.379 e. The Morgan fingerprint density at radius 3 is 2.67 bits per heavy atom. The summed E-state index contributed by atoms with van der Waals surface area (Å²) in [6, 6.07) is 12.4. The lowest BCUT2D eigenvalue weighted by atomic mass is 10.1. The van der Waals surface area contributed by atoms with Crippen LogP contribution in [0.25, 0.3) is 0 Å². The Bertz CT molecular complexity index is 837. The first-order chi connectivity index (χ1) is 13.0. The fourth-order valence-electron chi connectivity index (χ4n) is 2.93. The van der Waals surface area contributed by atoms with Crippen molar-refractivity contribution in [3.8, 4) is 0 Å². The molecule has 0 radical (unpaired) electrons. The van der Waals surface area contributed by atoms with Crippen LogP contribution in [0.3, 0.4) is 0 Å². The van der Waals surface area contributed by atoms with Gasteiger partial charge in [-0.2, -0.15) is 0 Å². The standard InChI is InChI=1S/C19H20IN3O4/c20-18-5-4-16(23(25)26)11-17(18)19(24)21-12-14-2-1-3-15(10-14)13-22-6-8-27-9-7-22/h1-5,10-11H,6-9,12-13H2,(H,21,24).